The second-order valence-electron chi connectivity index (χ2n) is 6.62. The third-order valence-corrected chi connectivity index (χ3v) is 5.92. The summed E-state index contributed by atoms with van der Waals surface area (Å²) < 4.78 is 5.50. The van der Waals surface area contributed by atoms with Gasteiger partial charge >= 0.3 is 0 Å². The van der Waals surface area contributed by atoms with Crippen LogP contribution in [0.1, 0.15) is 30.1 Å². The molecule has 2 aliphatic rings. The van der Waals surface area contributed by atoms with E-state index in [0.717, 1.165) is 12.2 Å². The van der Waals surface area contributed by atoms with Gasteiger partial charge in [0.05, 0.1) is 12.0 Å². The van der Waals surface area contributed by atoms with Crippen LogP contribution in [-0.4, -0.2) is 58.4 Å². The fourth-order valence-electron chi connectivity index (χ4n) is 3.22. The molecule has 0 unspecified atom stereocenters. The Bertz CT molecular complexity index is 698. The van der Waals surface area contributed by atoms with Crippen LogP contribution >= 0.6 is 11.8 Å². The van der Waals surface area contributed by atoms with Crippen LogP contribution in [-0.2, 0) is 9.59 Å². The number of β-amino-alcohol motifs (C(OH)–C–C–N with tert-alkyl or cyclic N) is 1. The predicted molar refractivity (Wildman–Crippen MR) is 93.7 cm³/mol. The number of ketones is 1. The first-order valence-corrected chi connectivity index (χ1v) is 9.41. The number of rotatable bonds is 6. The lowest BCUT2D eigenvalue weighted by Gasteiger charge is -2.22. The Morgan fingerprint density at radius 1 is 1.44 bits per heavy atom. The van der Waals surface area contributed by atoms with E-state index < -0.39 is 11.5 Å². The normalized spacial score (nSPS) is 24.2. The van der Waals surface area contributed by atoms with Crippen LogP contribution in [0.25, 0.3) is 0 Å². The third-order valence-electron chi connectivity index (χ3n) is 4.67. The highest BCUT2D eigenvalue weighted by molar-refractivity contribution is 7.99. The lowest BCUT2D eigenvalue weighted by Crippen LogP contribution is -2.41. The second-order valence-corrected chi connectivity index (χ2v) is 7.72. The van der Waals surface area contributed by atoms with Crippen molar-refractivity contribution >= 4 is 29.4 Å². The van der Waals surface area contributed by atoms with Crippen molar-refractivity contribution in [2.45, 2.75) is 25.9 Å². The highest BCUT2D eigenvalue weighted by Gasteiger charge is 2.53. The summed E-state index contributed by atoms with van der Waals surface area (Å²) in [5, 5.41) is 10.2. The van der Waals surface area contributed by atoms with Gasteiger partial charge in [0, 0.05) is 17.7 Å². The van der Waals surface area contributed by atoms with Crippen LogP contribution < -0.4 is 4.74 Å². The van der Waals surface area contributed by atoms with Crippen molar-refractivity contribution in [2.75, 3.05) is 24.7 Å². The van der Waals surface area contributed by atoms with Crippen LogP contribution in [0.15, 0.2) is 24.3 Å². The molecule has 7 heteroatoms. The molecule has 3 rings (SSSR count). The van der Waals surface area contributed by atoms with Gasteiger partial charge in [0.1, 0.15) is 18.5 Å². The highest BCUT2D eigenvalue weighted by atomic mass is 32.2. The quantitative estimate of drug-likeness (QED) is 0.609. The van der Waals surface area contributed by atoms with Crippen molar-refractivity contribution in [3.8, 4) is 5.75 Å². The molecule has 2 saturated heterocycles. The largest absolute Gasteiger partial charge is 0.491 e. The van der Waals surface area contributed by atoms with E-state index in [1.807, 2.05) is 0 Å². The fourth-order valence-corrected chi connectivity index (χ4v) is 4.66. The summed E-state index contributed by atoms with van der Waals surface area (Å²) in [5.74, 6) is 1.59. The smallest absolute Gasteiger partial charge is 0.236 e. The molecule has 2 amide bonds. The third kappa shape index (κ3) is 3.72. The topological polar surface area (TPSA) is 83.9 Å². The zero-order valence-corrected chi connectivity index (χ0v) is 14.9. The molecule has 25 heavy (non-hydrogen) atoms. The van der Waals surface area contributed by atoms with E-state index in [1.54, 1.807) is 36.0 Å². The lowest BCUT2D eigenvalue weighted by molar-refractivity contribution is -0.142. The van der Waals surface area contributed by atoms with Gasteiger partial charge in [0.25, 0.3) is 0 Å². The van der Waals surface area contributed by atoms with Crippen LogP contribution in [0.5, 0.6) is 5.75 Å². The Labute approximate surface area is 150 Å². The van der Waals surface area contributed by atoms with Gasteiger partial charge in [-0.25, -0.2) is 0 Å². The van der Waals surface area contributed by atoms with E-state index in [-0.39, 0.29) is 37.2 Å². The Morgan fingerprint density at radius 2 is 2.24 bits per heavy atom. The first kappa shape index (κ1) is 17.9. The predicted octanol–water partition coefficient (Wildman–Crippen LogP) is 1.51. The molecule has 0 bridgehead atoms. The van der Waals surface area contributed by atoms with Crippen molar-refractivity contribution in [1.29, 1.82) is 0 Å². The van der Waals surface area contributed by atoms with Crippen LogP contribution in [0.4, 0.5) is 0 Å². The minimum Gasteiger partial charge on any atom is -0.491 e. The number of carbonyl (C=O) groups excluding carboxylic acids is 3. The molecular weight excluding hydrogens is 342 g/mol. The number of benzene rings is 1. The Balaban J connectivity index is 1.57. The van der Waals surface area contributed by atoms with Crippen molar-refractivity contribution in [3.63, 3.8) is 0 Å². The minimum atomic E-state index is -0.974. The second kappa shape index (κ2) is 7.17. The van der Waals surface area contributed by atoms with E-state index >= 15 is 0 Å². The summed E-state index contributed by atoms with van der Waals surface area (Å²) in [5.41, 5.74) is -0.0319. The van der Waals surface area contributed by atoms with E-state index in [4.69, 9.17) is 4.74 Å². The highest BCUT2D eigenvalue weighted by Crippen LogP contribution is 2.44. The summed E-state index contributed by atoms with van der Waals surface area (Å²) >= 11 is 1.69. The molecule has 2 heterocycles. The maximum Gasteiger partial charge on any atom is 0.236 e. The van der Waals surface area contributed by atoms with Gasteiger partial charge in [0.2, 0.25) is 11.8 Å². The number of hydrogen-bond donors (Lipinski definition) is 1. The maximum atomic E-state index is 12.6. The number of amides is 2. The summed E-state index contributed by atoms with van der Waals surface area (Å²) in [7, 11) is 0. The average Bonchev–Trinajstić information content (AvgIpc) is 3.14. The van der Waals surface area contributed by atoms with Gasteiger partial charge in [-0.05, 0) is 31.2 Å². The van der Waals surface area contributed by atoms with Crippen molar-refractivity contribution < 1.29 is 24.2 Å². The average molecular weight is 363 g/mol. The van der Waals surface area contributed by atoms with E-state index in [1.165, 1.54) is 11.8 Å². The monoisotopic (exact) mass is 363 g/mol. The minimum absolute atomic E-state index is 0.0554. The van der Waals surface area contributed by atoms with E-state index in [9.17, 15) is 19.5 Å². The number of likely N-dealkylation sites (tertiary alicyclic amines) is 1. The number of hydrogen-bond acceptors (Lipinski definition) is 6. The number of nitrogens with zero attached hydrogens (tertiary/aromatic N) is 1. The van der Waals surface area contributed by atoms with Gasteiger partial charge in [-0.1, -0.05) is 12.1 Å². The van der Waals surface area contributed by atoms with Crippen molar-refractivity contribution in [3.05, 3.63) is 29.8 Å². The number of Topliss-reactive ketones (excluding diaryl/α,β-unsaturated/α-hetero) is 1. The van der Waals surface area contributed by atoms with Crippen LogP contribution in [0.3, 0.4) is 0 Å². The van der Waals surface area contributed by atoms with Gasteiger partial charge in [0.15, 0.2) is 5.78 Å². The number of thioether (sulfide) groups is 1. The van der Waals surface area contributed by atoms with Crippen molar-refractivity contribution in [2.24, 2.45) is 5.41 Å². The molecule has 1 aromatic carbocycles. The molecule has 1 aromatic rings. The Hall–Kier alpha value is -1.86. The Kier molecular flexibility index (Phi) is 5.15. The molecule has 134 valence electrons. The Morgan fingerprint density at radius 3 is 2.92 bits per heavy atom. The van der Waals surface area contributed by atoms with E-state index in [0.29, 0.717) is 17.1 Å². The van der Waals surface area contributed by atoms with E-state index in [2.05, 4.69) is 0 Å². The number of aliphatic hydroxyl groups excluding tert-OH is 1. The fraction of sp³-hybridized carbons (Fsp3) is 0.500. The number of aliphatic hydroxyl groups is 1. The molecular formula is C18H21NO5S. The van der Waals surface area contributed by atoms with Gasteiger partial charge < -0.3 is 9.84 Å². The molecule has 0 radical (unpaired) electrons. The summed E-state index contributed by atoms with van der Waals surface area (Å²) in [6.07, 6.45) is -0.00550. The summed E-state index contributed by atoms with van der Waals surface area (Å²) in [6, 6.07) is 6.68. The zero-order valence-electron chi connectivity index (χ0n) is 14.1. The first-order valence-electron chi connectivity index (χ1n) is 8.26. The number of ether oxygens (including phenoxy) is 1. The van der Waals surface area contributed by atoms with Crippen molar-refractivity contribution in [1.82, 2.24) is 4.90 Å². The van der Waals surface area contributed by atoms with Gasteiger partial charge in [-0.3, -0.25) is 19.3 Å². The first-order chi connectivity index (χ1) is 11.9. The number of imide groups is 1. The zero-order chi connectivity index (χ0) is 18.0. The summed E-state index contributed by atoms with van der Waals surface area (Å²) in [6.45, 7) is 1.35. The maximum absolute atomic E-state index is 12.6. The van der Waals surface area contributed by atoms with Gasteiger partial charge in [-0.15, -0.1) is 0 Å². The van der Waals surface area contributed by atoms with Crippen LogP contribution in [0.2, 0.25) is 0 Å². The molecule has 1 N–H and O–H groups in total. The number of carbonyl (C=O) groups is 3. The molecule has 0 saturated carbocycles. The molecule has 0 aromatic heterocycles. The van der Waals surface area contributed by atoms with Gasteiger partial charge in [-0.2, -0.15) is 11.8 Å². The molecule has 1 spiro atoms. The van der Waals surface area contributed by atoms with Crippen LogP contribution in [0, 0.1) is 5.41 Å². The molecule has 6 nitrogen and oxygen atoms in total. The molecule has 2 aliphatic heterocycles. The molecule has 2 fully saturated rings. The SMILES string of the molecule is CC(=O)c1cccc(OC[C@@H](O)CN2C(=O)C[C@]3(CCSC3)C2=O)c1. The molecule has 0 aliphatic carbocycles. The standard InChI is InChI=1S/C18H21NO5S/c1-12(20)13-3-2-4-15(7-13)24-10-14(21)9-19-16(22)8-18(17(19)23)5-6-25-11-18/h2-4,7,14,21H,5-6,8-11H2,1H3/t14-,18-/m0/s1. The lowest BCUT2D eigenvalue weighted by atomic mass is 9.86. The molecule has 2 atom stereocenters. The summed E-state index contributed by atoms with van der Waals surface area (Å²) in [4.78, 5) is 37.3.